The number of hydrogen-bond donors (Lipinski definition) is 2. The molecule has 0 saturated carbocycles. The van der Waals surface area contributed by atoms with E-state index in [-0.39, 0.29) is 6.42 Å². The number of carbonyl (C=O) groups excluding carboxylic acids is 1. The minimum absolute atomic E-state index is 0.0890. The highest BCUT2D eigenvalue weighted by atomic mass is 32.2. The Morgan fingerprint density at radius 3 is 1.48 bits per heavy atom. The van der Waals surface area contributed by atoms with Crippen LogP contribution in [-0.2, 0) is 29.8 Å². The second-order valence-corrected chi connectivity index (χ2v) is 11.5. The van der Waals surface area contributed by atoms with Crippen LogP contribution in [0.2, 0.25) is 0 Å². The molecule has 0 aliphatic rings. The van der Waals surface area contributed by atoms with Gasteiger partial charge in [-0.1, -0.05) is 96.8 Å². The van der Waals surface area contributed by atoms with Crippen LogP contribution in [0.1, 0.15) is 110 Å². The molecule has 2 N–H and O–H groups in total. The molecule has 0 aromatic heterocycles. The zero-order valence-corrected chi connectivity index (χ0v) is 20.8. The van der Waals surface area contributed by atoms with E-state index in [1.807, 2.05) is 0 Å². The van der Waals surface area contributed by atoms with Crippen molar-refractivity contribution in [2.75, 3.05) is 5.75 Å². The Kier molecular flexibility index (Phi) is 16.5. The second-order valence-electron chi connectivity index (χ2n) is 8.38. The molecule has 0 radical (unpaired) electrons. The molecule has 0 aromatic rings. The second kappa shape index (κ2) is 16.9. The molecule has 2 unspecified atom stereocenters. The van der Waals surface area contributed by atoms with Crippen molar-refractivity contribution in [1.29, 1.82) is 0 Å². The van der Waals surface area contributed by atoms with Gasteiger partial charge in [0.2, 0.25) is 0 Å². The fraction of sp³-hybridized carbons (Fsp3) is 0.952. The van der Waals surface area contributed by atoms with Gasteiger partial charge in [0.15, 0.2) is 5.25 Å². The van der Waals surface area contributed by atoms with Crippen LogP contribution in [0.3, 0.4) is 0 Å². The first-order valence-electron chi connectivity index (χ1n) is 11.6. The van der Waals surface area contributed by atoms with E-state index in [1.54, 1.807) is 0 Å². The molecule has 2 atom stereocenters. The number of unbranched alkanes of at least 4 members (excludes halogenated alkanes) is 13. The van der Waals surface area contributed by atoms with Gasteiger partial charge in [0.1, 0.15) is 11.9 Å². The average Bonchev–Trinajstić information content (AvgIpc) is 2.62. The van der Waals surface area contributed by atoms with Crippen LogP contribution < -0.4 is 0 Å². The van der Waals surface area contributed by atoms with E-state index in [0.717, 1.165) is 25.7 Å². The molecule has 0 rings (SSSR count). The van der Waals surface area contributed by atoms with Gasteiger partial charge in [0.25, 0.3) is 20.2 Å². The third-order valence-electron chi connectivity index (χ3n) is 5.20. The highest BCUT2D eigenvalue weighted by molar-refractivity contribution is 7.87. The molecule has 0 aliphatic heterocycles. The van der Waals surface area contributed by atoms with E-state index in [4.69, 9.17) is 9.29 Å². The third kappa shape index (κ3) is 18.6. The van der Waals surface area contributed by atoms with Gasteiger partial charge in [0.05, 0.1) is 0 Å². The van der Waals surface area contributed by atoms with Crippen molar-refractivity contribution >= 4 is 26.2 Å². The standard InChI is InChI=1S/C21H42O8S2/c1-3-4-5-6-7-8-9-10-11-12-13-14-15-16-17-20(31(26,27)28)21(22)29-19(2)18-30(23,24)25/h19-20H,3-18H2,1-2H3,(H,23,24,25)(H,26,27,28). The molecular formula is C21H42O8S2. The Hall–Kier alpha value is -0.710. The molecule has 0 saturated heterocycles. The molecule has 31 heavy (non-hydrogen) atoms. The molecule has 186 valence electrons. The number of rotatable bonds is 20. The SMILES string of the molecule is CCCCCCCCCCCCCCCCC(C(=O)OC(C)CS(=O)(=O)O)S(=O)(=O)O. The Morgan fingerprint density at radius 2 is 1.13 bits per heavy atom. The molecule has 10 heteroatoms. The third-order valence-corrected chi connectivity index (χ3v) is 7.24. The maximum Gasteiger partial charge on any atom is 0.327 e. The van der Waals surface area contributed by atoms with Gasteiger partial charge < -0.3 is 4.74 Å². The van der Waals surface area contributed by atoms with Crippen LogP contribution in [0.4, 0.5) is 0 Å². The van der Waals surface area contributed by atoms with Gasteiger partial charge in [0, 0.05) is 0 Å². The van der Waals surface area contributed by atoms with Crippen LogP contribution >= 0.6 is 0 Å². The van der Waals surface area contributed by atoms with Crippen molar-refractivity contribution in [3.05, 3.63) is 0 Å². The summed E-state index contributed by atoms with van der Waals surface area (Å²) in [6.45, 7) is 3.44. The molecule has 0 bridgehead atoms. The lowest BCUT2D eigenvalue weighted by Crippen LogP contribution is -2.35. The summed E-state index contributed by atoms with van der Waals surface area (Å²) in [5.41, 5.74) is 0. The van der Waals surface area contributed by atoms with Gasteiger partial charge >= 0.3 is 5.97 Å². The van der Waals surface area contributed by atoms with E-state index in [2.05, 4.69) is 6.92 Å². The lowest BCUT2D eigenvalue weighted by atomic mass is 10.0. The summed E-state index contributed by atoms with van der Waals surface area (Å²) in [5, 5.41) is -1.74. The first-order valence-corrected chi connectivity index (χ1v) is 14.7. The highest BCUT2D eigenvalue weighted by Gasteiger charge is 2.33. The van der Waals surface area contributed by atoms with Gasteiger partial charge in [-0.2, -0.15) is 16.8 Å². The zero-order chi connectivity index (χ0) is 23.8. The molecule has 0 aromatic carbocycles. The maximum absolute atomic E-state index is 12.0. The smallest absolute Gasteiger partial charge is 0.327 e. The van der Waals surface area contributed by atoms with Crippen molar-refractivity contribution in [1.82, 2.24) is 0 Å². The van der Waals surface area contributed by atoms with E-state index < -0.39 is 43.3 Å². The largest absolute Gasteiger partial charge is 0.460 e. The van der Waals surface area contributed by atoms with Crippen LogP contribution in [0.15, 0.2) is 0 Å². The van der Waals surface area contributed by atoms with Gasteiger partial charge in [-0.3, -0.25) is 13.9 Å². The predicted molar refractivity (Wildman–Crippen MR) is 122 cm³/mol. The van der Waals surface area contributed by atoms with Crippen molar-refractivity contribution in [3.63, 3.8) is 0 Å². The minimum atomic E-state index is -4.66. The predicted octanol–water partition coefficient (Wildman–Crippen LogP) is 4.93. The van der Waals surface area contributed by atoms with E-state index in [0.29, 0.717) is 6.42 Å². The van der Waals surface area contributed by atoms with Crippen LogP contribution in [-0.4, -0.2) is 49.0 Å². The normalized spacial score (nSPS) is 14.3. The van der Waals surface area contributed by atoms with E-state index >= 15 is 0 Å². The molecule has 8 nitrogen and oxygen atoms in total. The fourth-order valence-corrected chi connectivity index (χ4v) is 4.94. The summed E-state index contributed by atoms with van der Waals surface area (Å²) < 4.78 is 67.4. The Labute approximate surface area is 189 Å². The molecule has 0 fully saturated rings. The van der Waals surface area contributed by atoms with Crippen LogP contribution in [0.5, 0.6) is 0 Å². The average molecular weight is 487 g/mol. The van der Waals surface area contributed by atoms with Crippen LogP contribution in [0, 0.1) is 0 Å². The Bertz CT molecular complexity index is 673. The van der Waals surface area contributed by atoms with Gasteiger partial charge in [-0.05, 0) is 13.3 Å². The van der Waals surface area contributed by atoms with Crippen LogP contribution in [0.25, 0.3) is 0 Å². The summed E-state index contributed by atoms with van der Waals surface area (Å²) in [6, 6.07) is 0. The lowest BCUT2D eigenvalue weighted by Gasteiger charge is -2.17. The van der Waals surface area contributed by atoms with Crippen molar-refractivity contribution in [2.24, 2.45) is 0 Å². The Balaban J connectivity index is 3.95. The first kappa shape index (κ1) is 30.3. The number of hydrogen-bond acceptors (Lipinski definition) is 6. The van der Waals surface area contributed by atoms with Crippen molar-refractivity contribution in [2.45, 2.75) is 122 Å². The topological polar surface area (TPSA) is 135 Å². The molecule has 0 amide bonds. The minimum Gasteiger partial charge on any atom is -0.460 e. The summed E-state index contributed by atoms with van der Waals surface area (Å²) in [6.07, 6.45) is 14.6. The van der Waals surface area contributed by atoms with Crippen molar-refractivity contribution < 1.29 is 35.5 Å². The molecule has 0 spiro atoms. The number of esters is 1. The highest BCUT2D eigenvalue weighted by Crippen LogP contribution is 2.16. The Morgan fingerprint density at radius 1 is 0.742 bits per heavy atom. The van der Waals surface area contributed by atoms with Gasteiger partial charge in [-0.25, -0.2) is 0 Å². The summed E-state index contributed by atoms with van der Waals surface area (Å²) in [5.74, 6) is -2.04. The summed E-state index contributed by atoms with van der Waals surface area (Å²) >= 11 is 0. The molecule has 0 aliphatic carbocycles. The summed E-state index contributed by atoms with van der Waals surface area (Å²) in [4.78, 5) is 12.0. The number of ether oxygens (including phenoxy) is 1. The first-order chi connectivity index (χ1) is 14.5. The summed E-state index contributed by atoms with van der Waals surface area (Å²) in [7, 11) is -9.02. The van der Waals surface area contributed by atoms with Gasteiger partial charge in [-0.15, -0.1) is 0 Å². The monoisotopic (exact) mass is 486 g/mol. The van der Waals surface area contributed by atoms with E-state index in [1.165, 1.54) is 64.7 Å². The lowest BCUT2D eigenvalue weighted by molar-refractivity contribution is -0.146. The number of carbonyl (C=O) groups is 1. The fourth-order valence-electron chi connectivity index (χ4n) is 3.52. The quantitative estimate of drug-likeness (QED) is 0.140. The molecular weight excluding hydrogens is 444 g/mol. The van der Waals surface area contributed by atoms with E-state index in [9.17, 15) is 26.2 Å². The molecule has 0 heterocycles. The van der Waals surface area contributed by atoms with Crippen molar-refractivity contribution in [3.8, 4) is 0 Å². The maximum atomic E-state index is 12.0. The zero-order valence-electron chi connectivity index (χ0n) is 19.1.